The molecule has 1 aliphatic rings. The van der Waals surface area contributed by atoms with E-state index in [0.29, 0.717) is 20.0 Å². The Morgan fingerprint density at radius 2 is 0.738 bits per heavy atom. The summed E-state index contributed by atoms with van der Waals surface area (Å²) < 4.78 is 15.3. The summed E-state index contributed by atoms with van der Waals surface area (Å²) in [4.78, 5) is 44.7. The van der Waals surface area contributed by atoms with Crippen molar-refractivity contribution in [2.45, 2.75) is 37.4 Å². The maximum atomic E-state index is 12.7. The summed E-state index contributed by atoms with van der Waals surface area (Å²) >= 11 is 0. The molecule has 0 radical (unpaired) electrons. The summed E-state index contributed by atoms with van der Waals surface area (Å²) in [5.41, 5.74) is 2.91. The van der Waals surface area contributed by atoms with Crippen LogP contribution in [0.15, 0.2) is 91.0 Å². The van der Waals surface area contributed by atoms with Crippen LogP contribution in [-0.2, 0) is 28.6 Å². The van der Waals surface area contributed by atoms with Crippen molar-refractivity contribution in [1.82, 2.24) is 14.7 Å². The fraction of sp³-hybridized carbons (Fsp3) is 0.364. The number of hydrogen-bond acceptors (Lipinski definition) is 9. The molecule has 9 nitrogen and oxygen atoms in total. The normalized spacial score (nSPS) is 16.6. The first-order chi connectivity index (χ1) is 20.4. The third-order valence-electron chi connectivity index (χ3n) is 7.73. The lowest BCUT2D eigenvalue weighted by Crippen LogP contribution is -2.57. The Hall–Kier alpha value is -4.05. The molecule has 222 valence electrons. The van der Waals surface area contributed by atoms with Gasteiger partial charge in [-0.15, -0.1) is 0 Å². The van der Waals surface area contributed by atoms with E-state index in [-0.39, 0.29) is 55.3 Å². The molecule has 4 rings (SSSR count). The van der Waals surface area contributed by atoms with E-state index < -0.39 is 0 Å². The molecule has 1 fully saturated rings. The van der Waals surface area contributed by atoms with Crippen LogP contribution in [-0.4, -0.2) is 73.9 Å². The van der Waals surface area contributed by atoms with Crippen molar-refractivity contribution in [1.29, 1.82) is 0 Å². The molecular weight excluding hydrogens is 534 g/mol. The average Bonchev–Trinajstić information content (AvgIpc) is 3.05. The summed E-state index contributed by atoms with van der Waals surface area (Å²) in [7, 11) is 4.17. The van der Waals surface area contributed by atoms with Gasteiger partial charge in [0.15, 0.2) is 0 Å². The molecule has 1 aliphatic heterocycles. The first-order valence-corrected chi connectivity index (χ1v) is 14.0. The van der Waals surface area contributed by atoms with Gasteiger partial charge in [-0.2, -0.15) is 0 Å². The lowest BCUT2D eigenvalue weighted by molar-refractivity contribution is -0.148. The van der Waals surface area contributed by atoms with E-state index >= 15 is 0 Å². The Bertz CT molecular complexity index is 1120. The van der Waals surface area contributed by atoms with Crippen molar-refractivity contribution in [3.05, 3.63) is 108 Å². The molecule has 42 heavy (non-hydrogen) atoms. The summed E-state index contributed by atoms with van der Waals surface area (Å²) in [6, 6.07) is 28.6. The van der Waals surface area contributed by atoms with Gasteiger partial charge in [-0.25, -0.2) is 0 Å². The maximum Gasteiger partial charge on any atom is 0.307 e. The zero-order valence-corrected chi connectivity index (χ0v) is 24.4. The molecule has 3 aromatic carbocycles. The van der Waals surface area contributed by atoms with Crippen molar-refractivity contribution in [3.63, 3.8) is 0 Å². The molecule has 1 heterocycles. The van der Waals surface area contributed by atoms with Crippen molar-refractivity contribution in [3.8, 4) is 0 Å². The van der Waals surface area contributed by atoms with E-state index in [2.05, 4.69) is 14.7 Å². The van der Waals surface area contributed by atoms with Gasteiger partial charge in [-0.1, -0.05) is 91.0 Å². The molecule has 0 spiro atoms. The van der Waals surface area contributed by atoms with Gasteiger partial charge in [0.2, 0.25) is 0 Å². The quantitative estimate of drug-likeness (QED) is 0.226. The standard InChI is InChI=1S/C33H39N3O6/c1-40-31(37)19-28(25-13-7-4-8-14-25)34-22-35(29(20-32(38)41-2)26-15-9-5-10-16-26)24-36(23-34)30(21-33(39)42-3)27-17-11-6-12-18-27/h4-18,28-30H,19-24H2,1-3H3. The van der Waals surface area contributed by atoms with E-state index in [1.807, 2.05) is 91.0 Å². The highest BCUT2D eigenvalue weighted by atomic mass is 16.5. The van der Waals surface area contributed by atoms with E-state index in [1.165, 1.54) is 21.3 Å². The van der Waals surface area contributed by atoms with Gasteiger partial charge in [-0.3, -0.25) is 29.1 Å². The van der Waals surface area contributed by atoms with Gasteiger partial charge >= 0.3 is 17.9 Å². The first-order valence-electron chi connectivity index (χ1n) is 14.0. The second-order valence-electron chi connectivity index (χ2n) is 10.3. The van der Waals surface area contributed by atoms with E-state index in [1.54, 1.807) is 0 Å². The molecule has 9 heteroatoms. The number of ether oxygens (including phenoxy) is 3. The number of nitrogens with zero attached hydrogens (tertiary/aromatic N) is 3. The third-order valence-corrected chi connectivity index (χ3v) is 7.73. The zero-order chi connectivity index (χ0) is 29.9. The highest BCUT2D eigenvalue weighted by Crippen LogP contribution is 2.36. The fourth-order valence-corrected chi connectivity index (χ4v) is 5.55. The third kappa shape index (κ3) is 8.03. The molecule has 0 bridgehead atoms. The van der Waals surface area contributed by atoms with Crippen LogP contribution in [0.2, 0.25) is 0 Å². The topological polar surface area (TPSA) is 88.6 Å². The van der Waals surface area contributed by atoms with Crippen molar-refractivity contribution in [2.75, 3.05) is 41.3 Å². The lowest BCUT2D eigenvalue weighted by atomic mass is 9.98. The molecule has 0 amide bonds. The molecule has 0 saturated carbocycles. The lowest BCUT2D eigenvalue weighted by Gasteiger charge is -2.50. The Kier molecular flexibility index (Phi) is 11.2. The van der Waals surface area contributed by atoms with E-state index in [4.69, 9.17) is 14.2 Å². The number of rotatable bonds is 12. The average molecular weight is 574 g/mol. The second-order valence-corrected chi connectivity index (χ2v) is 10.3. The number of methoxy groups -OCH3 is 3. The SMILES string of the molecule is COC(=O)CC(c1ccccc1)N1CN(C(CC(=O)OC)c2ccccc2)CN(C(CC(=O)OC)c2ccccc2)C1. The highest BCUT2D eigenvalue weighted by molar-refractivity contribution is 5.71. The summed E-state index contributed by atoms with van der Waals surface area (Å²) in [6.07, 6.45) is 0.423. The number of benzene rings is 3. The molecule has 3 aromatic rings. The van der Waals surface area contributed by atoms with Crippen molar-refractivity contribution in [2.24, 2.45) is 0 Å². The van der Waals surface area contributed by atoms with Gasteiger partial charge in [-0.05, 0) is 16.7 Å². The monoisotopic (exact) mass is 573 g/mol. The Morgan fingerprint density at radius 1 is 0.500 bits per heavy atom. The smallest absolute Gasteiger partial charge is 0.307 e. The predicted molar refractivity (Wildman–Crippen MR) is 158 cm³/mol. The summed E-state index contributed by atoms with van der Waals surface area (Å²) in [5.74, 6) is -0.970. The van der Waals surface area contributed by atoms with Crippen LogP contribution >= 0.6 is 0 Å². The Balaban J connectivity index is 1.80. The number of carbonyl (C=O) groups is 3. The van der Waals surface area contributed by atoms with Crippen LogP contribution in [0.5, 0.6) is 0 Å². The first kappa shape index (κ1) is 30.9. The minimum atomic E-state index is -0.323. The van der Waals surface area contributed by atoms with Gasteiger partial charge in [0.1, 0.15) is 0 Å². The van der Waals surface area contributed by atoms with Crippen LogP contribution in [0.3, 0.4) is 0 Å². The molecular formula is C33H39N3O6. The summed E-state index contributed by atoms with van der Waals surface area (Å²) in [6.45, 7) is 1.38. The largest absolute Gasteiger partial charge is 0.469 e. The molecule has 0 N–H and O–H groups in total. The minimum Gasteiger partial charge on any atom is -0.469 e. The zero-order valence-electron chi connectivity index (χ0n) is 24.4. The highest BCUT2D eigenvalue weighted by Gasteiger charge is 2.38. The van der Waals surface area contributed by atoms with Crippen LogP contribution in [0.4, 0.5) is 0 Å². The minimum absolute atomic E-state index is 0.141. The van der Waals surface area contributed by atoms with Crippen LogP contribution in [0.1, 0.15) is 54.1 Å². The van der Waals surface area contributed by atoms with Gasteiger partial charge in [0.25, 0.3) is 0 Å². The van der Waals surface area contributed by atoms with Gasteiger partial charge < -0.3 is 14.2 Å². The van der Waals surface area contributed by atoms with E-state index in [9.17, 15) is 14.4 Å². The number of carbonyl (C=O) groups excluding carboxylic acids is 3. The van der Waals surface area contributed by atoms with Gasteiger partial charge in [0.05, 0.1) is 60.6 Å². The molecule has 1 saturated heterocycles. The van der Waals surface area contributed by atoms with E-state index in [0.717, 1.165) is 16.7 Å². The molecule has 0 aliphatic carbocycles. The molecule has 3 atom stereocenters. The van der Waals surface area contributed by atoms with Gasteiger partial charge in [0, 0.05) is 18.1 Å². The van der Waals surface area contributed by atoms with Crippen LogP contribution < -0.4 is 0 Å². The second kappa shape index (κ2) is 15.3. The predicted octanol–water partition coefficient (Wildman–Crippen LogP) is 4.69. The molecule has 0 aromatic heterocycles. The van der Waals surface area contributed by atoms with Crippen molar-refractivity contribution < 1.29 is 28.6 Å². The van der Waals surface area contributed by atoms with Crippen LogP contribution in [0.25, 0.3) is 0 Å². The number of hydrogen-bond donors (Lipinski definition) is 0. The maximum absolute atomic E-state index is 12.7. The Morgan fingerprint density at radius 3 is 0.952 bits per heavy atom. The Labute approximate surface area is 247 Å². The van der Waals surface area contributed by atoms with Crippen LogP contribution in [0, 0.1) is 0 Å². The summed E-state index contributed by atoms with van der Waals surface area (Å²) in [5, 5.41) is 0. The number of esters is 3. The fourth-order valence-electron chi connectivity index (χ4n) is 5.55. The van der Waals surface area contributed by atoms with Crippen molar-refractivity contribution >= 4 is 17.9 Å². The molecule has 3 unspecified atom stereocenters.